The fraction of sp³-hybridized carbons (Fsp3) is 0.632. The number of piperidine rings is 1. The van der Waals surface area contributed by atoms with Crippen LogP contribution in [0.3, 0.4) is 0 Å². The summed E-state index contributed by atoms with van der Waals surface area (Å²) in [5.74, 6) is 0.704. The third-order valence-corrected chi connectivity index (χ3v) is 4.63. The first kappa shape index (κ1) is 19.4. The highest BCUT2D eigenvalue weighted by Gasteiger charge is 2.39. The number of nitrogens with two attached hydrogens (primary N) is 1. The number of ether oxygens (including phenoxy) is 2. The molecule has 2 aliphatic heterocycles. The fourth-order valence-electron chi connectivity index (χ4n) is 3.41. The van der Waals surface area contributed by atoms with E-state index < -0.39 is 11.2 Å². The molecular formula is C19H30N2O4. The second kappa shape index (κ2) is 6.75. The molecule has 25 heavy (non-hydrogen) atoms. The molecule has 1 amide bonds. The number of hydrogen-bond acceptors (Lipinski definition) is 5. The highest BCUT2D eigenvalue weighted by molar-refractivity contribution is 5.68. The number of likely N-dealkylation sites (tertiary alicyclic amines) is 1. The summed E-state index contributed by atoms with van der Waals surface area (Å²) in [4.78, 5) is 13.8. The number of carbonyl (C=O) groups is 1. The van der Waals surface area contributed by atoms with Gasteiger partial charge in [0.05, 0.1) is 17.9 Å². The molecule has 1 aromatic rings. The van der Waals surface area contributed by atoms with Crippen LogP contribution in [-0.2, 0) is 16.8 Å². The van der Waals surface area contributed by atoms with Crippen molar-refractivity contribution in [3.8, 4) is 5.75 Å². The van der Waals surface area contributed by atoms with E-state index in [2.05, 4.69) is 0 Å². The molecule has 0 unspecified atom stereocenters. The number of hydrogen-bond donors (Lipinski definition) is 2. The molecule has 1 fully saturated rings. The molecule has 0 aromatic heterocycles. The second-order valence-electron chi connectivity index (χ2n) is 7.61. The highest BCUT2D eigenvalue weighted by Crippen LogP contribution is 2.42. The lowest BCUT2D eigenvalue weighted by Crippen LogP contribution is -2.47. The summed E-state index contributed by atoms with van der Waals surface area (Å²) in [5, 5.41) is 11.2. The number of nitrogens with zero attached hydrogens (tertiary/aromatic N) is 1. The maximum atomic E-state index is 12.2. The molecule has 3 N–H and O–H groups in total. The number of benzene rings is 1. The van der Waals surface area contributed by atoms with Gasteiger partial charge in [0.1, 0.15) is 11.4 Å². The molecule has 140 valence electrons. The molecule has 0 aliphatic carbocycles. The molecule has 0 bridgehead atoms. The van der Waals surface area contributed by atoms with E-state index >= 15 is 0 Å². The maximum absolute atomic E-state index is 12.2. The average Bonchev–Trinajstić information content (AvgIpc) is 2.96. The van der Waals surface area contributed by atoms with E-state index in [9.17, 15) is 9.90 Å². The molecule has 2 heterocycles. The first-order chi connectivity index (χ1) is 11.2. The minimum atomic E-state index is -0.954. The molecule has 0 atom stereocenters. The van der Waals surface area contributed by atoms with Crippen LogP contribution in [0.1, 0.15) is 52.2 Å². The van der Waals surface area contributed by atoms with Gasteiger partial charge in [-0.05, 0) is 45.2 Å². The van der Waals surface area contributed by atoms with Gasteiger partial charge < -0.3 is 25.2 Å². The summed E-state index contributed by atoms with van der Waals surface area (Å²) in [6, 6.07) is 3.68. The Kier molecular flexibility index (Phi) is 5.23. The van der Waals surface area contributed by atoms with Gasteiger partial charge in [0.25, 0.3) is 0 Å². The van der Waals surface area contributed by atoms with E-state index in [1.54, 1.807) is 11.0 Å². The van der Waals surface area contributed by atoms with Gasteiger partial charge in [-0.15, -0.1) is 0 Å². The largest absolute Gasteiger partial charge is 0.491 e. The van der Waals surface area contributed by atoms with Gasteiger partial charge in [-0.3, -0.25) is 0 Å². The molecule has 0 radical (unpaired) electrons. The number of anilines is 1. The van der Waals surface area contributed by atoms with Crippen LogP contribution in [0.5, 0.6) is 5.75 Å². The van der Waals surface area contributed by atoms with E-state index in [4.69, 9.17) is 15.2 Å². The monoisotopic (exact) mass is 350 g/mol. The van der Waals surface area contributed by atoms with Crippen molar-refractivity contribution < 1.29 is 19.4 Å². The zero-order valence-corrected chi connectivity index (χ0v) is 14.6. The number of nitrogen functional groups attached to an aromatic ring is 1. The fourth-order valence-corrected chi connectivity index (χ4v) is 3.41. The normalized spacial score (nSPS) is 18.8. The molecule has 6 nitrogen and oxygen atoms in total. The molecular weight excluding hydrogens is 320 g/mol. The Hall–Kier alpha value is -1.95. The van der Waals surface area contributed by atoms with Crippen LogP contribution in [-0.4, -0.2) is 41.4 Å². The van der Waals surface area contributed by atoms with E-state index in [1.165, 1.54) is 0 Å². The van der Waals surface area contributed by atoms with E-state index in [1.807, 2.05) is 26.8 Å². The molecule has 0 spiro atoms. The number of amides is 1. The van der Waals surface area contributed by atoms with Gasteiger partial charge in [0.15, 0.2) is 0 Å². The average molecular weight is 350 g/mol. The van der Waals surface area contributed by atoms with Crippen molar-refractivity contribution in [3.05, 3.63) is 23.3 Å². The van der Waals surface area contributed by atoms with Crippen LogP contribution in [0.4, 0.5) is 10.5 Å². The summed E-state index contributed by atoms with van der Waals surface area (Å²) >= 11 is 0. The van der Waals surface area contributed by atoms with Crippen LogP contribution in [0.2, 0.25) is 0 Å². The Morgan fingerprint density at radius 1 is 1.32 bits per heavy atom. The van der Waals surface area contributed by atoms with E-state index in [0.29, 0.717) is 44.0 Å². The summed E-state index contributed by atoms with van der Waals surface area (Å²) in [5.41, 5.74) is 6.99. The van der Waals surface area contributed by atoms with Gasteiger partial charge in [-0.25, -0.2) is 4.79 Å². The molecule has 6 heteroatoms. The lowest BCUT2D eigenvalue weighted by atomic mass is 9.81. The zero-order valence-electron chi connectivity index (χ0n) is 14.6. The molecule has 0 saturated carbocycles. The SMILES string of the molecule is C.CC(C)(C)OC(=O)N1CCC(O)(c2ccc(N)c3c2CCO3)CC1. The second-order valence-corrected chi connectivity index (χ2v) is 7.61. The van der Waals surface area contributed by atoms with Crippen LogP contribution in [0.25, 0.3) is 0 Å². The number of aliphatic hydroxyl groups is 1. The quantitative estimate of drug-likeness (QED) is 0.760. The molecule has 1 saturated heterocycles. The van der Waals surface area contributed by atoms with Crippen LogP contribution < -0.4 is 10.5 Å². The zero-order chi connectivity index (χ0) is 17.5. The summed E-state index contributed by atoms with van der Waals surface area (Å²) < 4.78 is 11.0. The van der Waals surface area contributed by atoms with E-state index in [0.717, 1.165) is 17.5 Å². The van der Waals surface area contributed by atoms with Gasteiger partial charge in [0.2, 0.25) is 0 Å². The van der Waals surface area contributed by atoms with Crippen LogP contribution in [0.15, 0.2) is 12.1 Å². The maximum Gasteiger partial charge on any atom is 0.410 e. The first-order valence-corrected chi connectivity index (χ1v) is 8.44. The van der Waals surface area contributed by atoms with Crippen LogP contribution >= 0.6 is 0 Å². The predicted octanol–water partition coefficient (Wildman–Crippen LogP) is 3.06. The first-order valence-electron chi connectivity index (χ1n) is 8.44. The minimum absolute atomic E-state index is 0. The minimum Gasteiger partial charge on any atom is -0.491 e. The predicted molar refractivity (Wildman–Crippen MR) is 97.7 cm³/mol. The summed E-state index contributed by atoms with van der Waals surface area (Å²) in [7, 11) is 0. The Morgan fingerprint density at radius 3 is 2.56 bits per heavy atom. The molecule has 3 rings (SSSR count). The Labute approximate surface area is 149 Å². The topological polar surface area (TPSA) is 85.0 Å². The Morgan fingerprint density at radius 2 is 1.96 bits per heavy atom. The van der Waals surface area contributed by atoms with Gasteiger partial charge in [-0.2, -0.15) is 0 Å². The van der Waals surface area contributed by atoms with E-state index in [-0.39, 0.29) is 13.5 Å². The van der Waals surface area contributed by atoms with Crippen molar-refractivity contribution in [2.24, 2.45) is 0 Å². The van der Waals surface area contributed by atoms with Crippen molar-refractivity contribution in [3.63, 3.8) is 0 Å². The van der Waals surface area contributed by atoms with Crippen LogP contribution in [0, 0.1) is 0 Å². The number of fused-ring (bicyclic) bond motifs is 1. The number of rotatable bonds is 1. The lowest BCUT2D eigenvalue weighted by Gasteiger charge is -2.39. The van der Waals surface area contributed by atoms with Crippen molar-refractivity contribution in [1.29, 1.82) is 0 Å². The van der Waals surface area contributed by atoms with Gasteiger partial charge >= 0.3 is 6.09 Å². The van der Waals surface area contributed by atoms with Crippen molar-refractivity contribution in [1.82, 2.24) is 4.90 Å². The van der Waals surface area contributed by atoms with Crippen molar-refractivity contribution in [2.45, 2.75) is 58.7 Å². The third kappa shape index (κ3) is 3.84. The highest BCUT2D eigenvalue weighted by atomic mass is 16.6. The standard InChI is InChI=1S/C18H26N2O4.CH4/c1-17(2,3)24-16(21)20-9-7-18(22,8-10-20)13-4-5-14(19)15-12(13)6-11-23-15;/h4-5,22H,6-11,19H2,1-3H3;1H4. The van der Waals surface area contributed by atoms with Gasteiger partial charge in [-0.1, -0.05) is 13.5 Å². The van der Waals surface area contributed by atoms with Crippen molar-refractivity contribution >= 4 is 11.8 Å². The lowest BCUT2D eigenvalue weighted by molar-refractivity contribution is -0.0360. The Balaban J connectivity index is 0.00000225. The smallest absolute Gasteiger partial charge is 0.410 e. The Bertz CT molecular complexity index is 644. The molecule has 2 aliphatic rings. The van der Waals surface area contributed by atoms with Gasteiger partial charge in [0, 0.05) is 25.1 Å². The summed E-state index contributed by atoms with van der Waals surface area (Å²) in [6.45, 7) is 7.07. The van der Waals surface area contributed by atoms with Crippen molar-refractivity contribution in [2.75, 3.05) is 25.4 Å². The molecule has 1 aromatic carbocycles. The third-order valence-electron chi connectivity index (χ3n) is 4.63. The summed E-state index contributed by atoms with van der Waals surface area (Å²) in [6.07, 6.45) is 1.38. The number of carbonyl (C=O) groups excluding carboxylic acids is 1.